The number of carbonyl (C=O) groups excluding carboxylic acids is 3. The van der Waals surface area contributed by atoms with Gasteiger partial charge in [0, 0.05) is 19.6 Å². The average molecular weight is 310 g/mol. The number of hydrogen-bond donors (Lipinski definition) is 2. The Hall–Kier alpha value is -1.63. The Morgan fingerprint density at radius 3 is 2.41 bits per heavy atom. The van der Waals surface area contributed by atoms with E-state index in [-0.39, 0.29) is 24.4 Å². The SMILES string of the molecule is CCNC(=O)NC(=O)CN1CCCC[C@@H]1C(=O)N1CCCC1. The van der Waals surface area contributed by atoms with Crippen molar-refractivity contribution in [3.8, 4) is 0 Å². The molecule has 7 heteroatoms. The first kappa shape index (κ1) is 16.7. The van der Waals surface area contributed by atoms with Gasteiger partial charge in [-0.15, -0.1) is 0 Å². The third kappa shape index (κ3) is 4.43. The third-order valence-corrected chi connectivity index (χ3v) is 4.25. The van der Waals surface area contributed by atoms with Gasteiger partial charge in [0.2, 0.25) is 11.8 Å². The van der Waals surface area contributed by atoms with Gasteiger partial charge in [0.15, 0.2) is 0 Å². The number of hydrogen-bond acceptors (Lipinski definition) is 4. The van der Waals surface area contributed by atoms with Crippen LogP contribution in [0.15, 0.2) is 0 Å². The fourth-order valence-corrected chi connectivity index (χ4v) is 3.16. The molecule has 2 aliphatic rings. The summed E-state index contributed by atoms with van der Waals surface area (Å²) < 4.78 is 0. The first-order chi connectivity index (χ1) is 10.6. The molecule has 2 rings (SSSR count). The van der Waals surface area contributed by atoms with Gasteiger partial charge < -0.3 is 10.2 Å². The molecule has 2 aliphatic heterocycles. The average Bonchev–Trinajstić information content (AvgIpc) is 3.01. The molecule has 4 amide bonds. The van der Waals surface area contributed by atoms with Crippen LogP contribution in [0.5, 0.6) is 0 Å². The molecule has 0 saturated carbocycles. The van der Waals surface area contributed by atoms with E-state index in [1.807, 2.05) is 9.80 Å². The van der Waals surface area contributed by atoms with Crippen molar-refractivity contribution in [2.75, 3.05) is 32.7 Å². The Labute approximate surface area is 131 Å². The lowest BCUT2D eigenvalue weighted by Crippen LogP contribution is -2.54. The number of nitrogens with zero attached hydrogens (tertiary/aromatic N) is 2. The Morgan fingerprint density at radius 2 is 1.73 bits per heavy atom. The smallest absolute Gasteiger partial charge is 0.321 e. The number of likely N-dealkylation sites (tertiary alicyclic amines) is 2. The molecule has 0 aromatic rings. The van der Waals surface area contributed by atoms with Crippen molar-refractivity contribution >= 4 is 17.8 Å². The summed E-state index contributed by atoms with van der Waals surface area (Å²) in [5, 5.41) is 4.83. The predicted molar refractivity (Wildman–Crippen MR) is 82.2 cm³/mol. The number of amides is 4. The normalized spacial score (nSPS) is 22.4. The number of rotatable bonds is 4. The largest absolute Gasteiger partial charge is 0.341 e. The molecule has 124 valence electrons. The highest BCUT2D eigenvalue weighted by atomic mass is 16.2. The summed E-state index contributed by atoms with van der Waals surface area (Å²) in [6.07, 6.45) is 4.92. The Morgan fingerprint density at radius 1 is 1.05 bits per heavy atom. The monoisotopic (exact) mass is 310 g/mol. The van der Waals surface area contributed by atoms with Crippen molar-refractivity contribution in [1.29, 1.82) is 0 Å². The van der Waals surface area contributed by atoms with E-state index in [2.05, 4.69) is 10.6 Å². The molecule has 2 N–H and O–H groups in total. The molecular formula is C15H26N4O3. The minimum atomic E-state index is -0.480. The zero-order chi connectivity index (χ0) is 15.9. The van der Waals surface area contributed by atoms with Crippen LogP contribution in [0, 0.1) is 0 Å². The molecule has 0 aromatic heterocycles. The molecule has 0 spiro atoms. The van der Waals surface area contributed by atoms with Gasteiger partial charge in [-0.05, 0) is 39.2 Å². The zero-order valence-electron chi connectivity index (χ0n) is 13.3. The van der Waals surface area contributed by atoms with Gasteiger partial charge in [-0.1, -0.05) is 6.42 Å². The van der Waals surface area contributed by atoms with Crippen LogP contribution in [0.2, 0.25) is 0 Å². The van der Waals surface area contributed by atoms with Crippen LogP contribution in [-0.2, 0) is 9.59 Å². The second kappa shape index (κ2) is 8.12. The Kier molecular flexibility index (Phi) is 6.18. The summed E-state index contributed by atoms with van der Waals surface area (Å²) in [4.78, 5) is 39.7. The van der Waals surface area contributed by atoms with E-state index < -0.39 is 6.03 Å². The zero-order valence-corrected chi connectivity index (χ0v) is 13.3. The van der Waals surface area contributed by atoms with Gasteiger partial charge >= 0.3 is 6.03 Å². The van der Waals surface area contributed by atoms with E-state index in [0.29, 0.717) is 6.54 Å². The van der Waals surface area contributed by atoms with Crippen molar-refractivity contribution in [3.05, 3.63) is 0 Å². The van der Waals surface area contributed by atoms with E-state index in [1.165, 1.54) is 0 Å². The summed E-state index contributed by atoms with van der Waals surface area (Å²) in [6.45, 7) is 4.75. The number of urea groups is 1. The van der Waals surface area contributed by atoms with E-state index >= 15 is 0 Å². The maximum Gasteiger partial charge on any atom is 0.321 e. The van der Waals surface area contributed by atoms with Crippen LogP contribution < -0.4 is 10.6 Å². The Balaban J connectivity index is 1.90. The minimum absolute atomic E-state index is 0.0986. The molecule has 0 aliphatic carbocycles. The van der Waals surface area contributed by atoms with Gasteiger partial charge in [0.25, 0.3) is 0 Å². The topological polar surface area (TPSA) is 81.8 Å². The summed E-state index contributed by atoms with van der Waals surface area (Å²) in [7, 11) is 0. The highest BCUT2D eigenvalue weighted by Gasteiger charge is 2.33. The summed E-state index contributed by atoms with van der Waals surface area (Å²) in [5.41, 5.74) is 0. The van der Waals surface area contributed by atoms with Crippen LogP contribution >= 0.6 is 0 Å². The second-order valence-electron chi connectivity index (χ2n) is 5.92. The summed E-state index contributed by atoms with van der Waals surface area (Å²) in [6, 6.07) is -0.696. The molecular weight excluding hydrogens is 284 g/mol. The molecule has 22 heavy (non-hydrogen) atoms. The number of piperidine rings is 1. The molecule has 2 fully saturated rings. The fraction of sp³-hybridized carbons (Fsp3) is 0.800. The lowest BCUT2D eigenvalue weighted by molar-refractivity contribution is -0.138. The molecule has 0 unspecified atom stereocenters. The van der Waals surface area contributed by atoms with Crippen molar-refractivity contribution < 1.29 is 14.4 Å². The van der Waals surface area contributed by atoms with E-state index in [4.69, 9.17) is 0 Å². The predicted octanol–water partition coefficient (Wildman–Crippen LogP) is 0.309. The van der Waals surface area contributed by atoms with Crippen LogP contribution in [-0.4, -0.2) is 66.4 Å². The van der Waals surface area contributed by atoms with Crippen LogP contribution in [0.1, 0.15) is 39.0 Å². The highest BCUT2D eigenvalue weighted by molar-refractivity contribution is 5.95. The standard InChI is InChI=1S/C15H26N4O3/c1-2-16-15(22)17-13(20)11-19-10-4-3-7-12(19)14(21)18-8-5-6-9-18/h12H,2-11H2,1H3,(H2,16,17,20,22)/t12-/m1/s1. The van der Waals surface area contributed by atoms with Crippen LogP contribution in [0.3, 0.4) is 0 Å². The van der Waals surface area contributed by atoms with Crippen molar-refractivity contribution in [2.45, 2.75) is 45.1 Å². The molecule has 7 nitrogen and oxygen atoms in total. The fourth-order valence-electron chi connectivity index (χ4n) is 3.16. The van der Waals surface area contributed by atoms with Gasteiger partial charge in [-0.2, -0.15) is 0 Å². The summed E-state index contributed by atoms with van der Waals surface area (Å²) >= 11 is 0. The van der Waals surface area contributed by atoms with E-state index in [1.54, 1.807) is 6.92 Å². The van der Waals surface area contributed by atoms with Gasteiger partial charge in [0.1, 0.15) is 0 Å². The summed E-state index contributed by atoms with van der Waals surface area (Å²) in [5.74, 6) is -0.213. The molecule has 2 saturated heterocycles. The van der Waals surface area contributed by atoms with Crippen molar-refractivity contribution in [3.63, 3.8) is 0 Å². The first-order valence-corrected chi connectivity index (χ1v) is 8.22. The van der Waals surface area contributed by atoms with E-state index in [9.17, 15) is 14.4 Å². The first-order valence-electron chi connectivity index (χ1n) is 8.22. The van der Waals surface area contributed by atoms with Gasteiger partial charge in [-0.3, -0.25) is 19.8 Å². The molecule has 0 bridgehead atoms. The lowest BCUT2D eigenvalue weighted by atomic mass is 10.0. The molecule has 1 atom stereocenters. The lowest BCUT2D eigenvalue weighted by Gasteiger charge is -2.36. The molecule has 0 aromatic carbocycles. The Bertz CT molecular complexity index is 421. The van der Waals surface area contributed by atoms with Crippen molar-refractivity contribution in [1.82, 2.24) is 20.4 Å². The van der Waals surface area contributed by atoms with Gasteiger partial charge in [-0.25, -0.2) is 4.79 Å². The number of imide groups is 1. The molecule has 0 radical (unpaired) electrons. The van der Waals surface area contributed by atoms with E-state index in [0.717, 1.165) is 51.7 Å². The van der Waals surface area contributed by atoms with Crippen LogP contribution in [0.4, 0.5) is 4.79 Å². The molecule has 2 heterocycles. The van der Waals surface area contributed by atoms with Crippen molar-refractivity contribution in [2.24, 2.45) is 0 Å². The number of nitrogens with one attached hydrogen (secondary N) is 2. The quantitative estimate of drug-likeness (QED) is 0.783. The third-order valence-electron chi connectivity index (χ3n) is 4.25. The number of carbonyl (C=O) groups is 3. The minimum Gasteiger partial charge on any atom is -0.341 e. The maximum absolute atomic E-state index is 12.6. The maximum atomic E-state index is 12.6. The highest BCUT2D eigenvalue weighted by Crippen LogP contribution is 2.20. The van der Waals surface area contributed by atoms with Gasteiger partial charge in [0.05, 0.1) is 12.6 Å². The second-order valence-corrected chi connectivity index (χ2v) is 5.92. The van der Waals surface area contributed by atoms with Crippen LogP contribution in [0.25, 0.3) is 0 Å².